The van der Waals surface area contributed by atoms with Crippen molar-refractivity contribution >= 4 is 41.8 Å². The van der Waals surface area contributed by atoms with Crippen molar-refractivity contribution in [1.29, 1.82) is 0 Å². The SMILES string of the molecule is C=C1[C@H](OC(=O)C(C)C)[C@@H](OC(C)=O)[C@@H](OC(C)=O)C(C)(C)/C=C/[C@H](C)[C@H](OC(=O)c2ccccc2)[C@@]2(O)C[C@@](C)(OC(C)=O)[C@H](OC(C)=O)[C@@H]2[C@H]1OC(=O)C(C)C. The summed E-state index contributed by atoms with van der Waals surface area (Å²) in [7, 11) is 0. The first kappa shape index (κ1) is 47.3. The smallest absolute Gasteiger partial charge is 0.338 e. The molecule has 2 aliphatic carbocycles. The predicted octanol–water partition coefficient (Wildman–Crippen LogP) is 5.00. The maximum Gasteiger partial charge on any atom is 0.338 e. The van der Waals surface area contributed by atoms with E-state index in [9.17, 15) is 38.7 Å². The lowest BCUT2D eigenvalue weighted by molar-refractivity contribution is -0.198. The Labute approximate surface area is 339 Å². The van der Waals surface area contributed by atoms with Gasteiger partial charge in [0.1, 0.15) is 23.4 Å². The molecular formula is C43H58O15. The molecule has 1 fully saturated rings. The average molecular weight is 815 g/mol. The lowest BCUT2D eigenvalue weighted by Gasteiger charge is -2.46. The molecule has 0 heterocycles. The van der Waals surface area contributed by atoms with Gasteiger partial charge in [0, 0.05) is 51.0 Å². The number of hydrogen-bond donors (Lipinski definition) is 1. The highest BCUT2D eigenvalue weighted by atomic mass is 16.6. The molecule has 58 heavy (non-hydrogen) atoms. The van der Waals surface area contributed by atoms with Gasteiger partial charge in [0.2, 0.25) is 0 Å². The van der Waals surface area contributed by atoms with Gasteiger partial charge < -0.3 is 38.3 Å². The van der Waals surface area contributed by atoms with Gasteiger partial charge in [-0.05, 0) is 19.1 Å². The number of ether oxygens (including phenoxy) is 7. The molecule has 320 valence electrons. The first-order valence-corrected chi connectivity index (χ1v) is 19.2. The van der Waals surface area contributed by atoms with E-state index < -0.39 is 125 Å². The van der Waals surface area contributed by atoms with Gasteiger partial charge in [0.25, 0.3) is 0 Å². The van der Waals surface area contributed by atoms with E-state index in [1.54, 1.807) is 51.1 Å². The van der Waals surface area contributed by atoms with Crippen LogP contribution in [0.25, 0.3) is 0 Å². The topological polar surface area (TPSA) is 204 Å². The van der Waals surface area contributed by atoms with Crippen LogP contribution in [-0.4, -0.2) is 94.7 Å². The summed E-state index contributed by atoms with van der Waals surface area (Å²) in [5.74, 6) is -10.2. The maximum absolute atomic E-state index is 14.0. The van der Waals surface area contributed by atoms with E-state index >= 15 is 0 Å². The van der Waals surface area contributed by atoms with Crippen molar-refractivity contribution in [1.82, 2.24) is 0 Å². The summed E-state index contributed by atoms with van der Waals surface area (Å²) in [6.45, 7) is 21.1. The Morgan fingerprint density at radius 3 is 1.67 bits per heavy atom. The number of carbonyl (C=O) groups excluding carboxylic acids is 7. The van der Waals surface area contributed by atoms with Crippen LogP contribution < -0.4 is 0 Å². The number of hydrogen-bond acceptors (Lipinski definition) is 15. The predicted molar refractivity (Wildman–Crippen MR) is 206 cm³/mol. The second kappa shape index (κ2) is 18.7. The highest BCUT2D eigenvalue weighted by Gasteiger charge is 2.70. The number of benzene rings is 1. The van der Waals surface area contributed by atoms with Crippen molar-refractivity contribution in [3.05, 3.63) is 60.2 Å². The number of rotatable bonds is 10. The molecule has 1 saturated carbocycles. The molecule has 2 aliphatic rings. The van der Waals surface area contributed by atoms with E-state index in [-0.39, 0.29) is 11.1 Å². The minimum Gasteiger partial charge on any atom is -0.458 e. The number of fused-ring (bicyclic) bond motifs is 1. The molecule has 3 rings (SSSR count). The van der Waals surface area contributed by atoms with Crippen LogP contribution in [0.1, 0.15) is 99.9 Å². The standard InChI is InChI=1S/C43H58O15/c1-22(2)38(48)55-32-25(6)33(56-39(49)23(3)4)34(52-26(7)44)37(54-28(9)46)41(11,12)20-19-24(5)35(57-40(50)30-17-15-14-16-18-30)43(51)21-42(13,58-29(10)47)36(31(32)43)53-27(8)45/h14-20,22-24,31-37,51H,6,21H2,1-5,7-13H3/b20-19+/t24-,31-,32-,33-,34+,35-,36+,37+,42+,43+/m0/s1. The summed E-state index contributed by atoms with van der Waals surface area (Å²) in [6, 6.07) is 7.93. The number of carbonyl (C=O) groups is 7. The molecule has 15 heteroatoms. The third-order valence-electron chi connectivity index (χ3n) is 10.3. The van der Waals surface area contributed by atoms with E-state index in [1.165, 1.54) is 46.8 Å². The van der Waals surface area contributed by atoms with Gasteiger partial charge in [-0.25, -0.2) is 4.79 Å². The Balaban J connectivity index is 2.63. The molecule has 1 aromatic carbocycles. The van der Waals surface area contributed by atoms with Gasteiger partial charge in [0.05, 0.1) is 23.3 Å². The average Bonchev–Trinajstić information content (AvgIpc) is 3.32. The van der Waals surface area contributed by atoms with Crippen LogP contribution in [0.4, 0.5) is 0 Å². The number of esters is 7. The van der Waals surface area contributed by atoms with Gasteiger partial charge >= 0.3 is 41.8 Å². The van der Waals surface area contributed by atoms with Gasteiger partial charge in [-0.3, -0.25) is 28.8 Å². The van der Waals surface area contributed by atoms with Crippen LogP contribution in [0.5, 0.6) is 0 Å². The highest BCUT2D eigenvalue weighted by molar-refractivity contribution is 5.89. The molecule has 0 unspecified atom stereocenters. The molecule has 0 aliphatic heterocycles. The fourth-order valence-electron chi connectivity index (χ4n) is 7.66. The molecule has 1 aromatic rings. The molecule has 0 bridgehead atoms. The lowest BCUT2D eigenvalue weighted by atomic mass is 9.71. The summed E-state index contributed by atoms with van der Waals surface area (Å²) in [6.07, 6.45) is -7.34. The fraction of sp³-hybridized carbons (Fsp3) is 0.605. The molecule has 0 saturated heterocycles. The summed E-state index contributed by atoms with van der Waals surface area (Å²) < 4.78 is 42.0. The molecule has 0 aromatic heterocycles. The summed E-state index contributed by atoms with van der Waals surface area (Å²) >= 11 is 0. The van der Waals surface area contributed by atoms with Crippen molar-refractivity contribution in [3.63, 3.8) is 0 Å². The Kier molecular flexibility index (Phi) is 15.2. The molecule has 10 atom stereocenters. The van der Waals surface area contributed by atoms with Crippen molar-refractivity contribution in [3.8, 4) is 0 Å². The van der Waals surface area contributed by atoms with E-state index in [0.717, 1.165) is 27.7 Å². The van der Waals surface area contributed by atoms with Crippen LogP contribution in [0.3, 0.4) is 0 Å². The third kappa shape index (κ3) is 10.9. The van der Waals surface area contributed by atoms with Gasteiger partial charge in [0.15, 0.2) is 24.4 Å². The van der Waals surface area contributed by atoms with Crippen LogP contribution in [0.15, 0.2) is 54.6 Å². The quantitative estimate of drug-likeness (QED) is 0.187. The summed E-state index contributed by atoms with van der Waals surface area (Å²) in [5, 5.41) is 13.5. The molecular weight excluding hydrogens is 756 g/mol. The van der Waals surface area contributed by atoms with Crippen molar-refractivity contribution in [2.75, 3.05) is 0 Å². The van der Waals surface area contributed by atoms with Crippen molar-refractivity contribution < 1.29 is 71.8 Å². The normalized spacial score (nSPS) is 31.3. The molecule has 0 radical (unpaired) electrons. The lowest BCUT2D eigenvalue weighted by Crippen LogP contribution is -2.60. The third-order valence-corrected chi connectivity index (χ3v) is 10.3. The molecule has 0 spiro atoms. The highest BCUT2D eigenvalue weighted by Crippen LogP contribution is 2.54. The Morgan fingerprint density at radius 1 is 0.690 bits per heavy atom. The van der Waals surface area contributed by atoms with E-state index in [4.69, 9.17) is 33.2 Å². The van der Waals surface area contributed by atoms with Crippen LogP contribution in [-0.2, 0) is 61.9 Å². The monoisotopic (exact) mass is 814 g/mol. The Morgan fingerprint density at radius 2 is 1.19 bits per heavy atom. The zero-order valence-electron chi connectivity index (χ0n) is 35.4. The minimum atomic E-state index is -2.43. The zero-order valence-corrected chi connectivity index (χ0v) is 35.4. The van der Waals surface area contributed by atoms with E-state index in [2.05, 4.69) is 6.58 Å². The van der Waals surface area contributed by atoms with E-state index in [0.29, 0.717) is 0 Å². The van der Waals surface area contributed by atoms with Crippen LogP contribution in [0.2, 0.25) is 0 Å². The second-order valence-electron chi connectivity index (χ2n) is 16.6. The van der Waals surface area contributed by atoms with Gasteiger partial charge in [-0.15, -0.1) is 0 Å². The van der Waals surface area contributed by atoms with Crippen LogP contribution in [0, 0.1) is 29.1 Å². The van der Waals surface area contributed by atoms with E-state index in [1.807, 2.05) is 0 Å². The molecule has 1 N–H and O–H groups in total. The minimum absolute atomic E-state index is 0.120. The number of aliphatic hydroxyl groups is 1. The molecule has 0 amide bonds. The molecule has 15 nitrogen and oxygen atoms in total. The first-order valence-electron chi connectivity index (χ1n) is 19.2. The van der Waals surface area contributed by atoms with Gasteiger partial charge in [-0.1, -0.05) is 85.4 Å². The first-order chi connectivity index (χ1) is 26.7. The maximum atomic E-state index is 14.0. The second-order valence-corrected chi connectivity index (χ2v) is 16.6. The Hall–Kier alpha value is -5.05. The summed E-state index contributed by atoms with van der Waals surface area (Å²) in [4.78, 5) is 92.9. The van der Waals surface area contributed by atoms with Crippen molar-refractivity contribution in [2.45, 2.75) is 137 Å². The van der Waals surface area contributed by atoms with Gasteiger partial charge in [-0.2, -0.15) is 0 Å². The van der Waals surface area contributed by atoms with Crippen LogP contribution >= 0.6 is 0 Å². The largest absolute Gasteiger partial charge is 0.458 e. The fourth-order valence-corrected chi connectivity index (χ4v) is 7.66. The Bertz CT molecular complexity index is 1760. The summed E-state index contributed by atoms with van der Waals surface area (Å²) in [5.41, 5.74) is -5.79. The van der Waals surface area contributed by atoms with Crippen molar-refractivity contribution in [2.24, 2.45) is 29.1 Å². The zero-order chi connectivity index (χ0) is 44.1.